The molecule has 0 spiro atoms. The molecule has 1 N–H and O–H groups in total. The molecule has 1 aliphatic rings. The molecule has 5 rings (SSSR count). The molecule has 2 unspecified atom stereocenters. The van der Waals surface area contributed by atoms with Crippen molar-refractivity contribution >= 4 is 22.4 Å². The van der Waals surface area contributed by atoms with Crippen LogP contribution in [-0.2, 0) is 16.7 Å². The number of nitrogens with zero attached hydrogens (tertiary/aromatic N) is 5. The Hall–Kier alpha value is -3.42. The molecule has 0 saturated carbocycles. The lowest BCUT2D eigenvalue weighted by atomic mass is 9.87. The number of nitrogens with one attached hydrogen (secondary N) is 1. The van der Waals surface area contributed by atoms with Gasteiger partial charge >= 0.3 is 0 Å². The Morgan fingerprint density at radius 2 is 1.61 bits per heavy atom. The summed E-state index contributed by atoms with van der Waals surface area (Å²) in [6, 6.07) is 14.8. The van der Waals surface area contributed by atoms with Crippen molar-refractivity contribution < 1.29 is 4.74 Å². The van der Waals surface area contributed by atoms with E-state index in [-0.39, 0.29) is 17.6 Å². The molecule has 186 valence electrons. The largest absolute Gasteiger partial charge is 0.373 e. The van der Waals surface area contributed by atoms with Crippen LogP contribution in [0.4, 0.5) is 11.5 Å². The average Bonchev–Trinajstić information content (AvgIpc) is 2.83. The van der Waals surface area contributed by atoms with Crippen molar-refractivity contribution in [3.8, 4) is 11.1 Å². The molecule has 3 heterocycles. The summed E-state index contributed by atoms with van der Waals surface area (Å²) < 4.78 is 5.92. The Morgan fingerprint density at radius 1 is 0.917 bits per heavy atom. The van der Waals surface area contributed by atoms with Gasteiger partial charge in [-0.2, -0.15) is 0 Å². The zero-order chi connectivity index (χ0) is 25.3. The predicted molar refractivity (Wildman–Crippen MR) is 144 cm³/mol. The summed E-state index contributed by atoms with van der Waals surface area (Å²) in [5.41, 5.74) is 5.29. The second-order valence-corrected chi connectivity index (χ2v) is 10.8. The first kappa shape index (κ1) is 24.3. The molecule has 1 fully saturated rings. The zero-order valence-electron chi connectivity index (χ0n) is 21.7. The van der Waals surface area contributed by atoms with Gasteiger partial charge in [-0.15, -0.1) is 0 Å². The number of ether oxygens (including phenoxy) is 1. The highest BCUT2D eigenvalue weighted by Gasteiger charge is 2.23. The molecule has 2 atom stereocenters. The minimum absolute atomic E-state index is 0.108. The number of rotatable bonds is 5. The number of morpholine rings is 1. The monoisotopic (exact) mass is 482 g/mol. The standard InChI is InChI=1S/C29H34N6O/c1-19-15-35(16-20(2)36-19)17-27-33-26-12-21(22-13-30-18-31-14-22)6-11-25(26)28(34-27)32-24-9-7-23(8-10-24)29(3,4)5/h6-14,18-20H,15-17H2,1-5H3,(H,32,33,34). The fourth-order valence-electron chi connectivity index (χ4n) is 4.78. The minimum atomic E-state index is 0.108. The van der Waals surface area contributed by atoms with Crippen LogP contribution in [0.2, 0.25) is 0 Å². The van der Waals surface area contributed by atoms with Gasteiger partial charge in [-0.25, -0.2) is 19.9 Å². The molecule has 0 amide bonds. The first-order chi connectivity index (χ1) is 17.2. The quantitative estimate of drug-likeness (QED) is 0.389. The summed E-state index contributed by atoms with van der Waals surface area (Å²) in [5, 5.41) is 4.54. The molecule has 7 heteroatoms. The first-order valence-corrected chi connectivity index (χ1v) is 12.6. The summed E-state index contributed by atoms with van der Waals surface area (Å²) in [5.74, 6) is 1.60. The van der Waals surface area contributed by atoms with Gasteiger partial charge in [-0.3, -0.25) is 4.90 Å². The lowest BCUT2D eigenvalue weighted by Gasteiger charge is -2.34. The molecular weight excluding hydrogens is 448 g/mol. The number of hydrogen-bond acceptors (Lipinski definition) is 7. The highest BCUT2D eigenvalue weighted by Crippen LogP contribution is 2.30. The first-order valence-electron chi connectivity index (χ1n) is 12.6. The van der Waals surface area contributed by atoms with Gasteiger partial charge in [0.1, 0.15) is 18.0 Å². The van der Waals surface area contributed by atoms with Crippen LogP contribution in [0.3, 0.4) is 0 Å². The van der Waals surface area contributed by atoms with E-state index in [4.69, 9.17) is 14.7 Å². The number of benzene rings is 2. The summed E-state index contributed by atoms with van der Waals surface area (Å²) in [6.07, 6.45) is 5.57. The second kappa shape index (κ2) is 9.91. The van der Waals surface area contributed by atoms with Crippen LogP contribution in [0, 0.1) is 0 Å². The Labute approximate surface area is 213 Å². The van der Waals surface area contributed by atoms with Crippen molar-refractivity contribution in [1.82, 2.24) is 24.8 Å². The third-order valence-corrected chi connectivity index (χ3v) is 6.51. The highest BCUT2D eigenvalue weighted by atomic mass is 16.5. The van der Waals surface area contributed by atoms with E-state index < -0.39 is 0 Å². The summed E-state index contributed by atoms with van der Waals surface area (Å²) >= 11 is 0. The molecule has 36 heavy (non-hydrogen) atoms. The molecule has 4 aromatic rings. The van der Waals surface area contributed by atoms with Crippen molar-refractivity contribution in [3.05, 3.63) is 72.6 Å². The lowest BCUT2D eigenvalue weighted by molar-refractivity contribution is -0.0710. The number of hydrogen-bond donors (Lipinski definition) is 1. The fourth-order valence-corrected chi connectivity index (χ4v) is 4.78. The van der Waals surface area contributed by atoms with E-state index >= 15 is 0 Å². The van der Waals surface area contributed by atoms with E-state index in [1.807, 2.05) is 12.4 Å². The fraction of sp³-hybridized carbons (Fsp3) is 0.379. The normalized spacial score (nSPS) is 18.9. The second-order valence-electron chi connectivity index (χ2n) is 10.8. The van der Waals surface area contributed by atoms with E-state index in [2.05, 4.69) is 97.3 Å². The van der Waals surface area contributed by atoms with Crippen LogP contribution in [0.5, 0.6) is 0 Å². The van der Waals surface area contributed by atoms with Crippen molar-refractivity contribution in [3.63, 3.8) is 0 Å². The molecule has 0 bridgehead atoms. The van der Waals surface area contributed by atoms with Crippen molar-refractivity contribution in [2.75, 3.05) is 18.4 Å². The van der Waals surface area contributed by atoms with Gasteiger partial charge in [0.2, 0.25) is 0 Å². The Morgan fingerprint density at radius 3 is 2.28 bits per heavy atom. The van der Waals surface area contributed by atoms with E-state index in [1.54, 1.807) is 6.33 Å². The van der Waals surface area contributed by atoms with E-state index in [0.29, 0.717) is 6.54 Å². The predicted octanol–water partition coefficient (Wildman–Crippen LogP) is 5.74. The molecule has 0 aliphatic carbocycles. The maximum Gasteiger partial charge on any atom is 0.145 e. The molecular formula is C29H34N6O. The third-order valence-electron chi connectivity index (χ3n) is 6.51. The van der Waals surface area contributed by atoms with E-state index in [1.165, 1.54) is 5.56 Å². The van der Waals surface area contributed by atoms with Crippen molar-refractivity contribution in [2.24, 2.45) is 0 Å². The smallest absolute Gasteiger partial charge is 0.145 e. The van der Waals surface area contributed by atoms with Crippen LogP contribution in [0.15, 0.2) is 61.2 Å². The Balaban J connectivity index is 1.52. The van der Waals surface area contributed by atoms with Crippen LogP contribution in [0.1, 0.15) is 46.0 Å². The van der Waals surface area contributed by atoms with Gasteiger partial charge in [-0.05, 0) is 54.7 Å². The molecule has 2 aromatic carbocycles. The molecule has 1 aliphatic heterocycles. The SMILES string of the molecule is CC1CN(Cc2nc(Nc3ccc(C(C)(C)C)cc3)c3ccc(-c4cncnc4)cc3n2)CC(C)O1. The molecule has 1 saturated heterocycles. The summed E-state index contributed by atoms with van der Waals surface area (Å²) in [7, 11) is 0. The minimum Gasteiger partial charge on any atom is -0.373 e. The van der Waals surface area contributed by atoms with Crippen LogP contribution in [-0.4, -0.2) is 50.1 Å². The van der Waals surface area contributed by atoms with Crippen LogP contribution >= 0.6 is 0 Å². The van der Waals surface area contributed by atoms with Crippen LogP contribution in [0.25, 0.3) is 22.0 Å². The van der Waals surface area contributed by atoms with Gasteiger partial charge in [0.25, 0.3) is 0 Å². The van der Waals surface area contributed by atoms with Crippen molar-refractivity contribution in [2.45, 2.75) is 58.8 Å². The van der Waals surface area contributed by atoms with Crippen molar-refractivity contribution in [1.29, 1.82) is 0 Å². The number of fused-ring (bicyclic) bond motifs is 1. The maximum atomic E-state index is 5.92. The van der Waals surface area contributed by atoms with Gasteiger partial charge < -0.3 is 10.1 Å². The molecule has 2 aromatic heterocycles. The summed E-state index contributed by atoms with van der Waals surface area (Å²) in [4.78, 5) is 20.7. The van der Waals surface area contributed by atoms with Gasteiger partial charge in [-0.1, -0.05) is 39.0 Å². The molecule has 7 nitrogen and oxygen atoms in total. The Kier molecular flexibility index (Phi) is 6.69. The highest BCUT2D eigenvalue weighted by molar-refractivity contribution is 5.93. The lowest BCUT2D eigenvalue weighted by Crippen LogP contribution is -2.45. The van der Waals surface area contributed by atoms with Gasteiger partial charge in [0, 0.05) is 42.1 Å². The maximum absolute atomic E-state index is 5.92. The van der Waals surface area contributed by atoms with E-state index in [0.717, 1.165) is 52.4 Å². The average molecular weight is 483 g/mol. The Bertz CT molecular complexity index is 1320. The summed E-state index contributed by atoms with van der Waals surface area (Å²) in [6.45, 7) is 13.3. The van der Waals surface area contributed by atoms with Gasteiger partial charge in [0.05, 0.1) is 24.3 Å². The third kappa shape index (κ3) is 5.53. The van der Waals surface area contributed by atoms with Crippen LogP contribution < -0.4 is 5.32 Å². The zero-order valence-corrected chi connectivity index (χ0v) is 21.7. The number of aromatic nitrogens is 4. The number of anilines is 2. The van der Waals surface area contributed by atoms with Gasteiger partial charge in [0.15, 0.2) is 0 Å². The topological polar surface area (TPSA) is 76.1 Å². The van der Waals surface area contributed by atoms with E-state index in [9.17, 15) is 0 Å². The molecule has 0 radical (unpaired) electrons.